The molecule has 1 aliphatic carbocycles. The molecule has 0 unspecified atom stereocenters. The van der Waals surface area contributed by atoms with Crippen molar-refractivity contribution in [1.82, 2.24) is 0 Å². The van der Waals surface area contributed by atoms with Crippen LogP contribution in [0.1, 0.15) is 33.6 Å². The van der Waals surface area contributed by atoms with Crippen LogP contribution in [0.3, 0.4) is 0 Å². The van der Waals surface area contributed by atoms with Crippen molar-refractivity contribution in [3.05, 3.63) is 0 Å². The molecule has 1 N–H and O–H groups in total. The lowest BCUT2D eigenvalue weighted by Crippen LogP contribution is -2.41. The van der Waals surface area contributed by atoms with Gasteiger partial charge in [0.1, 0.15) is 0 Å². The SMILES string of the molecule is C[C@@H]1CC[C@H]2C(C)(C)OC[C@@]12O. The molecule has 1 saturated carbocycles. The zero-order valence-corrected chi connectivity index (χ0v) is 8.13. The van der Waals surface area contributed by atoms with E-state index < -0.39 is 5.60 Å². The van der Waals surface area contributed by atoms with Crippen LogP contribution in [0, 0.1) is 11.8 Å². The maximum atomic E-state index is 10.3. The van der Waals surface area contributed by atoms with E-state index in [1.54, 1.807) is 0 Å². The summed E-state index contributed by atoms with van der Waals surface area (Å²) >= 11 is 0. The van der Waals surface area contributed by atoms with Crippen LogP contribution in [-0.4, -0.2) is 22.9 Å². The fourth-order valence-electron chi connectivity index (χ4n) is 2.85. The number of hydrogen-bond donors (Lipinski definition) is 1. The molecule has 12 heavy (non-hydrogen) atoms. The minimum Gasteiger partial charge on any atom is -0.387 e. The molecule has 0 bridgehead atoms. The molecule has 0 radical (unpaired) electrons. The Morgan fingerprint density at radius 2 is 2.00 bits per heavy atom. The monoisotopic (exact) mass is 170 g/mol. The third kappa shape index (κ3) is 0.882. The fourth-order valence-corrected chi connectivity index (χ4v) is 2.85. The van der Waals surface area contributed by atoms with Crippen molar-refractivity contribution >= 4 is 0 Å². The summed E-state index contributed by atoms with van der Waals surface area (Å²) < 4.78 is 5.63. The summed E-state index contributed by atoms with van der Waals surface area (Å²) in [7, 11) is 0. The van der Waals surface area contributed by atoms with Crippen LogP contribution >= 0.6 is 0 Å². The summed E-state index contributed by atoms with van der Waals surface area (Å²) in [5.74, 6) is 0.754. The normalized spacial score (nSPS) is 51.0. The Morgan fingerprint density at radius 3 is 2.58 bits per heavy atom. The molecule has 0 amide bonds. The Hall–Kier alpha value is -0.0800. The third-order valence-corrected chi connectivity index (χ3v) is 3.86. The van der Waals surface area contributed by atoms with E-state index in [1.165, 1.54) is 0 Å². The van der Waals surface area contributed by atoms with Crippen molar-refractivity contribution in [3.63, 3.8) is 0 Å². The Morgan fingerprint density at radius 1 is 1.33 bits per heavy atom. The van der Waals surface area contributed by atoms with Crippen molar-refractivity contribution in [1.29, 1.82) is 0 Å². The second kappa shape index (κ2) is 2.24. The Balaban J connectivity index is 2.29. The van der Waals surface area contributed by atoms with Crippen LogP contribution < -0.4 is 0 Å². The van der Waals surface area contributed by atoms with Gasteiger partial charge in [-0.05, 0) is 32.6 Å². The van der Waals surface area contributed by atoms with E-state index in [2.05, 4.69) is 20.8 Å². The summed E-state index contributed by atoms with van der Waals surface area (Å²) in [6.07, 6.45) is 2.26. The first-order valence-corrected chi connectivity index (χ1v) is 4.83. The summed E-state index contributed by atoms with van der Waals surface area (Å²) in [4.78, 5) is 0. The maximum Gasteiger partial charge on any atom is 0.0960 e. The van der Waals surface area contributed by atoms with Gasteiger partial charge in [0.15, 0.2) is 0 Å². The number of rotatable bonds is 0. The van der Waals surface area contributed by atoms with Crippen molar-refractivity contribution < 1.29 is 9.84 Å². The molecule has 1 aliphatic heterocycles. The molecular formula is C10H18O2. The molecule has 2 aliphatic rings. The molecule has 1 heterocycles. The Bertz CT molecular complexity index is 200. The lowest BCUT2D eigenvalue weighted by molar-refractivity contribution is -0.0210. The first-order valence-electron chi connectivity index (χ1n) is 4.83. The zero-order valence-electron chi connectivity index (χ0n) is 8.13. The molecule has 0 aromatic heterocycles. The summed E-state index contributed by atoms with van der Waals surface area (Å²) in [6.45, 7) is 6.85. The second-order valence-corrected chi connectivity index (χ2v) is 4.91. The van der Waals surface area contributed by atoms with Gasteiger partial charge in [0.25, 0.3) is 0 Å². The van der Waals surface area contributed by atoms with Gasteiger partial charge in [-0.3, -0.25) is 0 Å². The lowest BCUT2D eigenvalue weighted by Gasteiger charge is -2.29. The summed E-state index contributed by atoms with van der Waals surface area (Å²) in [5, 5.41) is 10.3. The minimum atomic E-state index is -0.524. The topological polar surface area (TPSA) is 29.5 Å². The average molecular weight is 170 g/mol. The molecule has 2 nitrogen and oxygen atoms in total. The van der Waals surface area contributed by atoms with E-state index in [9.17, 15) is 5.11 Å². The van der Waals surface area contributed by atoms with Crippen molar-refractivity contribution in [2.24, 2.45) is 11.8 Å². The van der Waals surface area contributed by atoms with E-state index in [0.717, 1.165) is 12.8 Å². The predicted molar refractivity (Wildman–Crippen MR) is 46.9 cm³/mol. The van der Waals surface area contributed by atoms with Gasteiger partial charge in [0.05, 0.1) is 17.8 Å². The van der Waals surface area contributed by atoms with Crippen LogP contribution in [0.5, 0.6) is 0 Å². The molecule has 0 aromatic rings. The van der Waals surface area contributed by atoms with E-state index >= 15 is 0 Å². The number of hydrogen-bond acceptors (Lipinski definition) is 2. The molecule has 70 valence electrons. The highest BCUT2D eigenvalue weighted by Crippen LogP contribution is 2.51. The van der Waals surface area contributed by atoms with Crippen LogP contribution in [0.15, 0.2) is 0 Å². The first kappa shape index (κ1) is 8.52. The molecule has 0 aromatic carbocycles. The third-order valence-electron chi connectivity index (χ3n) is 3.86. The highest BCUT2D eigenvalue weighted by molar-refractivity contribution is 5.07. The largest absolute Gasteiger partial charge is 0.387 e. The fraction of sp³-hybridized carbons (Fsp3) is 1.00. The molecule has 1 saturated heterocycles. The van der Waals surface area contributed by atoms with Gasteiger partial charge in [-0.15, -0.1) is 0 Å². The van der Waals surface area contributed by atoms with Crippen LogP contribution in [0.2, 0.25) is 0 Å². The highest BCUT2D eigenvalue weighted by Gasteiger charge is 2.58. The smallest absolute Gasteiger partial charge is 0.0960 e. The summed E-state index contributed by atoms with van der Waals surface area (Å²) in [6, 6.07) is 0. The molecule has 0 spiro atoms. The van der Waals surface area contributed by atoms with Gasteiger partial charge in [-0.2, -0.15) is 0 Å². The van der Waals surface area contributed by atoms with Gasteiger partial charge in [-0.1, -0.05) is 6.92 Å². The first-order chi connectivity index (χ1) is 5.47. The van der Waals surface area contributed by atoms with Crippen LogP contribution in [0.4, 0.5) is 0 Å². The standard InChI is InChI=1S/C10H18O2/c1-7-4-5-8-9(2,3)12-6-10(7,8)11/h7-8,11H,4-6H2,1-3H3/t7-,8+,10-/m1/s1. The number of ether oxygens (including phenoxy) is 1. The molecule has 2 fully saturated rings. The second-order valence-electron chi connectivity index (χ2n) is 4.91. The van der Waals surface area contributed by atoms with E-state index in [4.69, 9.17) is 4.74 Å². The van der Waals surface area contributed by atoms with Gasteiger partial charge in [0.2, 0.25) is 0 Å². The predicted octanol–water partition coefficient (Wildman–Crippen LogP) is 1.57. The van der Waals surface area contributed by atoms with Crippen molar-refractivity contribution in [2.45, 2.75) is 44.8 Å². The van der Waals surface area contributed by atoms with Gasteiger partial charge < -0.3 is 9.84 Å². The van der Waals surface area contributed by atoms with Gasteiger partial charge in [0, 0.05) is 5.92 Å². The Labute approximate surface area is 73.9 Å². The highest BCUT2D eigenvalue weighted by atomic mass is 16.5. The van der Waals surface area contributed by atoms with E-state index in [-0.39, 0.29) is 5.60 Å². The molecule has 2 rings (SSSR count). The van der Waals surface area contributed by atoms with E-state index in [0.29, 0.717) is 18.4 Å². The summed E-state index contributed by atoms with van der Waals surface area (Å²) in [5.41, 5.74) is -0.636. The van der Waals surface area contributed by atoms with Crippen LogP contribution in [0.25, 0.3) is 0 Å². The van der Waals surface area contributed by atoms with Crippen molar-refractivity contribution in [3.8, 4) is 0 Å². The molecular weight excluding hydrogens is 152 g/mol. The minimum absolute atomic E-state index is 0.112. The van der Waals surface area contributed by atoms with Crippen LogP contribution in [-0.2, 0) is 4.74 Å². The Kier molecular flexibility index (Phi) is 1.59. The lowest BCUT2D eigenvalue weighted by atomic mass is 9.80. The molecule has 2 heteroatoms. The number of aliphatic hydroxyl groups is 1. The zero-order chi connectivity index (χ0) is 8.98. The van der Waals surface area contributed by atoms with Gasteiger partial charge >= 0.3 is 0 Å². The van der Waals surface area contributed by atoms with E-state index in [1.807, 2.05) is 0 Å². The van der Waals surface area contributed by atoms with Crippen molar-refractivity contribution in [2.75, 3.05) is 6.61 Å². The molecule has 3 atom stereocenters. The average Bonchev–Trinajstić information content (AvgIpc) is 2.37. The quantitative estimate of drug-likeness (QED) is 0.598. The van der Waals surface area contributed by atoms with Gasteiger partial charge in [-0.25, -0.2) is 0 Å². The maximum absolute atomic E-state index is 10.3. The number of fused-ring (bicyclic) bond motifs is 1.